The van der Waals surface area contributed by atoms with Gasteiger partial charge in [-0.1, -0.05) is 0 Å². The summed E-state index contributed by atoms with van der Waals surface area (Å²) >= 11 is 4.82. The van der Waals surface area contributed by atoms with Crippen LogP contribution in [0, 0.1) is 0 Å². The minimum atomic E-state index is -2.69. The molecule has 0 aliphatic rings. The summed E-state index contributed by atoms with van der Waals surface area (Å²) in [7, 11) is 2.74. The average Bonchev–Trinajstić information content (AvgIpc) is 2.13. The quantitative estimate of drug-likeness (QED) is 0.603. The van der Waals surface area contributed by atoms with E-state index in [0.29, 0.717) is 0 Å². The number of aliphatic hydroxyl groups excluding tert-OH is 2. The van der Waals surface area contributed by atoms with E-state index in [0.717, 1.165) is 0 Å². The molecule has 5 nitrogen and oxygen atoms in total. The van der Waals surface area contributed by atoms with Crippen molar-refractivity contribution in [1.82, 2.24) is 0 Å². The first-order valence-electron chi connectivity index (χ1n) is 3.23. The van der Waals surface area contributed by atoms with Crippen LogP contribution < -0.4 is 0 Å². The number of hydrogen-bond acceptors (Lipinski definition) is 6. The van der Waals surface area contributed by atoms with E-state index in [1.54, 1.807) is 0 Å². The van der Waals surface area contributed by atoms with Crippen LogP contribution in [0.4, 0.5) is 0 Å². The Bertz CT molecular complexity index is 156. The van der Waals surface area contributed by atoms with Crippen molar-refractivity contribution in [2.24, 2.45) is 0 Å². The minimum absolute atomic E-state index is 0.0878. The second kappa shape index (κ2) is 5.99. The highest BCUT2D eigenvalue weighted by Crippen LogP contribution is 2.47. The lowest BCUT2D eigenvalue weighted by atomic mass is 10.4. The maximum absolute atomic E-state index is 8.90. The largest absolute Gasteiger partial charge is 0.394 e. The zero-order valence-electron chi connectivity index (χ0n) is 6.97. The molecule has 0 aliphatic heterocycles. The molecule has 0 fully saturated rings. The third-order valence-electron chi connectivity index (χ3n) is 1.08. The molecule has 1 atom stereocenters. The first kappa shape index (κ1) is 12.4. The van der Waals surface area contributed by atoms with Gasteiger partial charge in [0, 0.05) is 14.2 Å². The van der Waals surface area contributed by atoms with E-state index in [1.807, 2.05) is 0 Å². The molecular weight excluding hydrogens is 203 g/mol. The van der Waals surface area contributed by atoms with Crippen molar-refractivity contribution in [3.05, 3.63) is 0 Å². The summed E-state index contributed by atoms with van der Waals surface area (Å²) in [5, 5.41) is 17.3. The molecule has 0 saturated heterocycles. The van der Waals surface area contributed by atoms with Crippen molar-refractivity contribution >= 4 is 18.5 Å². The van der Waals surface area contributed by atoms with Crippen molar-refractivity contribution in [2.75, 3.05) is 27.4 Å². The smallest absolute Gasteiger partial charge is 0.326 e. The maximum Gasteiger partial charge on any atom is 0.326 e. The Morgan fingerprint density at radius 1 is 1.42 bits per heavy atom. The first-order valence-corrected chi connectivity index (χ1v) is 5.78. The fraction of sp³-hybridized carbons (Fsp3) is 1.00. The standard InChI is InChI=1S/C5H13O5PS/c1-8-11(12,9-2)10-4-5(7)3-6/h5-7H,3-4H2,1-2H3. The van der Waals surface area contributed by atoms with Crippen LogP contribution in [0.15, 0.2) is 0 Å². The van der Waals surface area contributed by atoms with Crippen LogP contribution in [0.3, 0.4) is 0 Å². The van der Waals surface area contributed by atoms with Gasteiger partial charge in [-0.15, -0.1) is 0 Å². The highest BCUT2D eigenvalue weighted by molar-refractivity contribution is 8.07. The van der Waals surface area contributed by atoms with Gasteiger partial charge >= 0.3 is 6.72 Å². The molecule has 2 N–H and O–H groups in total. The fourth-order valence-corrected chi connectivity index (χ4v) is 1.31. The lowest BCUT2D eigenvalue weighted by molar-refractivity contribution is 0.0451. The number of rotatable bonds is 6. The predicted octanol–water partition coefficient (Wildman–Crippen LogP) is -0.127. The summed E-state index contributed by atoms with van der Waals surface area (Å²) in [4.78, 5) is 0. The van der Waals surface area contributed by atoms with Crippen molar-refractivity contribution in [2.45, 2.75) is 6.10 Å². The predicted molar refractivity (Wildman–Crippen MR) is 47.3 cm³/mol. The molecule has 0 bridgehead atoms. The molecule has 0 aromatic carbocycles. The van der Waals surface area contributed by atoms with Crippen molar-refractivity contribution in [1.29, 1.82) is 0 Å². The van der Waals surface area contributed by atoms with Gasteiger partial charge in [0.25, 0.3) is 0 Å². The van der Waals surface area contributed by atoms with E-state index >= 15 is 0 Å². The molecule has 0 radical (unpaired) electrons. The molecule has 0 heterocycles. The monoisotopic (exact) mass is 216 g/mol. The van der Waals surface area contributed by atoms with Crippen LogP contribution in [-0.2, 0) is 25.4 Å². The second-order valence-electron chi connectivity index (χ2n) is 1.94. The average molecular weight is 216 g/mol. The molecule has 74 valence electrons. The topological polar surface area (TPSA) is 68.2 Å². The van der Waals surface area contributed by atoms with E-state index in [9.17, 15) is 0 Å². The van der Waals surface area contributed by atoms with Crippen LogP contribution >= 0.6 is 6.72 Å². The van der Waals surface area contributed by atoms with E-state index in [-0.39, 0.29) is 13.2 Å². The Morgan fingerprint density at radius 3 is 2.25 bits per heavy atom. The Labute approximate surface area is 76.5 Å². The molecule has 0 spiro atoms. The molecule has 0 aliphatic carbocycles. The zero-order valence-corrected chi connectivity index (χ0v) is 8.68. The van der Waals surface area contributed by atoms with Gasteiger partial charge in [-0.05, 0) is 11.8 Å². The first-order chi connectivity index (χ1) is 5.58. The second-order valence-corrected chi connectivity index (χ2v) is 5.17. The third-order valence-corrected chi connectivity index (χ3v) is 3.65. The van der Waals surface area contributed by atoms with E-state index in [2.05, 4.69) is 0 Å². The van der Waals surface area contributed by atoms with Gasteiger partial charge in [-0.2, -0.15) is 0 Å². The SMILES string of the molecule is COP(=S)(OC)OCC(O)CO. The molecule has 0 aromatic rings. The van der Waals surface area contributed by atoms with Crippen LogP contribution in [0.1, 0.15) is 0 Å². The molecule has 0 aromatic heterocycles. The summed E-state index contributed by atoms with van der Waals surface area (Å²) in [5.74, 6) is 0. The Morgan fingerprint density at radius 2 is 1.92 bits per heavy atom. The lowest BCUT2D eigenvalue weighted by Crippen LogP contribution is -2.18. The number of aliphatic hydroxyl groups is 2. The van der Waals surface area contributed by atoms with Gasteiger partial charge in [0.15, 0.2) is 0 Å². The zero-order chi connectivity index (χ0) is 9.61. The van der Waals surface area contributed by atoms with Crippen LogP contribution in [0.25, 0.3) is 0 Å². The highest BCUT2D eigenvalue weighted by atomic mass is 32.5. The van der Waals surface area contributed by atoms with E-state index in [4.69, 9.17) is 35.6 Å². The summed E-state index contributed by atoms with van der Waals surface area (Å²) in [5.41, 5.74) is 0. The van der Waals surface area contributed by atoms with E-state index < -0.39 is 12.8 Å². The molecular formula is C5H13O5PS. The fourth-order valence-electron chi connectivity index (χ4n) is 0.410. The Kier molecular flexibility index (Phi) is 6.21. The van der Waals surface area contributed by atoms with Crippen LogP contribution in [0.2, 0.25) is 0 Å². The van der Waals surface area contributed by atoms with Gasteiger partial charge in [0.2, 0.25) is 0 Å². The maximum atomic E-state index is 8.90. The summed E-state index contributed by atoms with van der Waals surface area (Å²) in [6, 6.07) is 0. The molecule has 1 unspecified atom stereocenters. The van der Waals surface area contributed by atoms with Crippen LogP contribution in [-0.4, -0.2) is 43.8 Å². The molecule has 0 rings (SSSR count). The van der Waals surface area contributed by atoms with Crippen molar-refractivity contribution in [3.63, 3.8) is 0 Å². The normalized spacial score (nSPS) is 14.7. The van der Waals surface area contributed by atoms with Gasteiger partial charge < -0.3 is 23.8 Å². The number of hydrogen-bond donors (Lipinski definition) is 2. The Balaban J connectivity index is 3.81. The molecule has 0 amide bonds. The van der Waals surface area contributed by atoms with Gasteiger partial charge in [-0.25, -0.2) is 0 Å². The van der Waals surface area contributed by atoms with Crippen molar-refractivity contribution in [3.8, 4) is 0 Å². The molecule has 12 heavy (non-hydrogen) atoms. The summed E-state index contributed by atoms with van der Waals surface area (Å²) in [6.07, 6.45) is -0.947. The minimum Gasteiger partial charge on any atom is -0.394 e. The molecule has 0 saturated carbocycles. The summed E-state index contributed by atoms with van der Waals surface area (Å²) in [6.45, 7) is -3.15. The van der Waals surface area contributed by atoms with Crippen LogP contribution in [0.5, 0.6) is 0 Å². The van der Waals surface area contributed by atoms with Gasteiger partial charge in [0.1, 0.15) is 6.10 Å². The Hall–Kier alpha value is 0.450. The van der Waals surface area contributed by atoms with Crippen molar-refractivity contribution < 1.29 is 23.8 Å². The highest BCUT2D eigenvalue weighted by Gasteiger charge is 2.17. The lowest BCUT2D eigenvalue weighted by Gasteiger charge is -2.18. The van der Waals surface area contributed by atoms with Gasteiger partial charge in [-0.3, -0.25) is 0 Å². The van der Waals surface area contributed by atoms with E-state index in [1.165, 1.54) is 14.2 Å². The summed E-state index contributed by atoms with van der Waals surface area (Å²) < 4.78 is 14.5. The molecule has 7 heteroatoms. The third kappa shape index (κ3) is 4.47. The van der Waals surface area contributed by atoms with Gasteiger partial charge in [0.05, 0.1) is 13.2 Å².